The number of hydrogen-bond acceptors (Lipinski definition) is 2. The molecule has 2 aromatic rings. The molecule has 1 N–H and O–H groups in total. The molecule has 2 aromatic carbocycles. The third-order valence-electron chi connectivity index (χ3n) is 3.25. The lowest BCUT2D eigenvalue weighted by atomic mass is 9.97. The highest BCUT2D eigenvalue weighted by atomic mass is 79.9. The van der Waals surface area contributed by atoms with Crippen molar-refractivity contribution in [3.63, 3.8) is 0 Å². The second-order valence-corrected chi connectivity index (χ2v) is 5.93. The van der Waals surface area contributed by atoms with Crippen molar-refractivity contribution in [3.8, 4) is 5.75 Å². The smallest absolute Gasteiger partial charge is 0.138 e. The Morgan fingerprint density at radius 3 is 2.40 bits per heavy atom. The molecule has 0 radical (unpaired) electrons. The highest BCUT2D eigenvalue weighted by Gasteiger charge is 2.19. The second kappa shape index (κ2) is 6.61. The standard InChI is InChI=1S/C16H17BrClNO/c1-10-4-6-11(7-5-10)15(19-2)13-8-12(18)9-14(17)16(13)20-3/h4-9,15,19H,1-3H3. The fourth-order valence-corrected chi connectivity index (χ4v) is 3.27. The molecule has 106 valence electrons. The Bertz CT molecular complexity index is 598. The van der Waals surface area contributed by atoms with E-state index in [-0.39, 0.29) is 6.04 Å². The third-order valence-corrected chi connectivity index (χ3v) is 4.06. The molecule has 1 unspecified atom stereocenters. The van der Waals surface area contributed by atoms with Crippen molar-refractivity contribution in [2.45, 2.75) is 13.0 Å². The van der Waals surface area contributed by atoms with Crippen molar-refractivity contribution >= 4 is 27.5 Å². The number of halogens is 2. The third kappa shape index (κ3) is 3.17. The molecule has 0 aromatic heterocycles. The van der Waals surface area contributed by atoms with Gasteiger partial charge >= 0.3 is 0 Å². The summed E-state index contributed by atoms with van der Waals surface area (Å²) in [4.78, 5) is 0. The van der Waals surface area contributed by atoms with E-state index >= 15 is 0 Å². The van der Waals surface area contributed by atoms with Crippen LogP contribution in [0.1, 0.15) is 22.7 Å². The van der Waals surface area contributed by atoms with E-state index in [0.29, 0.717) is 5.02 Å². The van der Waals surface area contributed by atoms with E-state index in [9.17, 15) is 0 Å². The van der Waals surface area contributed by atoms with Gasteiger partial charge < -0.3 is 10.1 Å². The number of ether oxygens (including phenoxy) is 1. The van der Waals surface area contributed by atoms with Crippen LogP contribution in [-0.2, 0) is 0 Å². The van der Waals surface area contributed by atoms with Crippen molar-refractivity contribution in [2.24, 2.45) is 0 Å². The van der Waals surface area contributed by atoms with Gasteiger partial charge in [-0.3, -0.25) is 0 Å². The lowest BCUT2D eigenvalue weighted by Crippen LogP contribution is -2.18. The van der Waals surface area contributed by atoms with Crippen LogP contribution < -0.4 is 10.1 Å². The minimum atomic E-state index is 0.0283. The van der Waals surface area contributed by atoms with E-state index in [2.05, 4.69) is 52.4 Å². The molecular weight excluding hydrogens is 338 g/mol. The minimum absolute atomic E-state index is 0.0283. The molecule has 0 spiro atoms. The summed E-state index contributed by atoms with van der Waals surface area (Å²) >= 11 is 9.68. The summed E-state index contributed by atoms with van der Waals surface area (Å²) in [6, 6.07) is 12.2. The average molecular weight is 355 g/mol. The van der Waals surface area contributed by atoms with Gasteiger partial charge in [0.25, 0.3) is 0 Å². The van der Waals surface area contributed by atoms with Crippen LogP contribution in [0, 0.1) is 6.92 Å². The lowest BCUT2D eigenvalue weighted by molar-refractivity contribution is 0.402. The van der Waals surface area contributed by atoms with Gasteiger partial charge in [0.05, 0.1) is 17.6 Å². The van der Waals surface area contributed by atoms with Crippen LogP contribution >= 0.6 is 27.5 Å². The summed E-state index contributed by atoms with van der Waals surface area (Å²) in [5.41, 5.74) is 3.42. The predicted octanol–water partition coefficient (Wildman–Crippen LogP) is 4.73. The minimum Gasteiger partial charge on any atom is -0.495 e. The largest absolute Gasteiger partial charge is 0.495 e. The number of aryl methyl sites for hydroxylation is 1. The van der Waals surface area contributed by atoms with Crippen LogP contribution in [0.3, 0.4) is 0 Å². The fraction of sp³-hybridized carbons (Fsp3) is 0.250. The van der Waals surface area contributed by atoms with Crippen molar-refractivity contribution < 1.29 is 4.74 Å². The molecule has 0 bridgehead atoms. The first-order valence-corrected chi connectivity index (χ1v) is 7.50. The van der Waals surface area contributed by atoms with Gasteiger partial charge in [0.2, 0.25) is 0 Å². The van der Waals surface area contributed by atoms with Gasteiger partial charge in [0, 0.05) is 10.6 Å². The average Bonchev–Trinajstić information content (AvgIpc) is 2.41. The van der Waals surface area contributed by atoms with Crippen LogP contribution in [-0.4, -0.2) is 14.2 Å². The van der Waals surface area contributed by atoms with Crippen LogP contribution in [0.2, 0.25) is 5.02 Å². The van der Waals surface area contributed by atoms with Crippen LogP contribution in [0.15, 0.2) is 40.9 Å². The summed E-state index contributed by atoms with van der Waals surface area (Å²) in [6.07, 6.45) is 0. The molecule has 0 heterocycles. The number of methoxy groups -OCH3 is 1. The Morgan fingerprint density at radius 1 is 1.20 bits per heavy atom. The van der Waals surface area contributed by atoms with Crippen LogP contribution in [0.5, 0.6) is 5.75 Å². The first-order valence-electron chi connectivity index (χ1n) is 6.33. The van der Waals surface area contributed by atoms with E-state index in [1.807, 2.05) is 19.2 Å². The van der Waals surface area contributed by atoms with E-state index in [0.717, 1.165) is 15.8 Å². The van der Waals surface area contributed by atoms with Crippen molar-refractivity contribution in [1.29, 1.82) is 0 Å². The molecule has 0 amide bonds. The van der Waals surface area contributed by atoms with Crippen LogP contribution in [0.4, 0.5) is 0 Å². The molecule has 0 fully saturated rings. The van der Waals surface area contributed by atoms with Gasteiger partial charge in [0.1, 0.15) is 5.75 Å². The maximum atomic E-state index is 6.18. The normalized spacial score (nSPS) is 12.2. The van der Waals surface area contributed by atoms with Gasteiger partial charge in [-0.1, -0.05) is 41.4 Å². The molecule has 20 heavy (non-hydrogen) atoms. The van der Waals surface area contributed by atoms with E-state index in [4.69, 9.17) is 16.3 Å². The first-order chi connectivity index (χ1) is 9.56. The number of benzene rings is 2. The molecule has 2 rings (SSSR count). The van der Waals surface area contributed by atoms with Gasteiger partial charge in [0.15, 0.2) is 0 Å². The summed E-state index contributed by atoms with van der Waals surface area (Å²) in [5, 5.41) is 4.00. The number of nitrogens with one attached hydrogen (secondary N) is 1. The highest BCUT2D eigenvalue weighted by Crippen LogP contribution is 2.38. The Kier molecular flexibility index (Phi) is 5.08. The van der Waals surface area contributed by atoms with Gasteiger partial charge in [-0.15, -0.1) is 0 Å². The monoisotopic (exact) mass is 353 g/mol. The Labute approximate surface area is 133 Å². The van der Waals surface area contributed by atoms with E-state index in [1.165, 1.54) is 11.1 Å². The molecule has 1 atom stereocenters. The van der Waals surface area contributed by atoms with Crippen molar-refractivity contribution in [1.82, 2.24) is 5.32 Å². The quantitative estimate of drug-likeness (QED) is 0.857. The summed E-state index contributed by atoms with van der Waals surface area (Å²) in [5.74, 6) is 0.800. The predicted molar refractivity (Wildman–Crippen MR) is 87.8 cm³/mol. The zero-order chi connectivity index (χ0) is 14.7. The van der Waals surface area contributed by atoms with Crippen molar-refractivity contribution in [2.75, 3.05) is 14.2 Å². The number of rotatable bonds is 4. The fourth-order valence-electron chi connectivity index (χ4n) is 2.27. The summed E-state index contributed by atoms with van der Waals surface area (Å²) < 4.78 is 6.37. The van der Waals surface area contributed by atoms with Gasteiger partial charge in [-0.05, 0) is 47.6 Å². The molecule has 0 saturated heterocycles. The molecule has 0 saturated carbocycles. The first kappa shape index (κ1) is 15.4. The Balaban J connectivity index is 2.54. The van der Waals surface area contributed by atoms with E-state index in [1.54, 1.807) is 7.11 Å². The zero-order valence-electron chi connectivity index (χ0n) is 11.7. The van der Waals surface area contributed by atoms with Crippen molar-refractivity contribution in [3.05, 3.63) is 62.6 Å². The maximum Gasteiger partial charge on any atom is 0.138 e. The molecular formula is C16H17BrClNO. The highest BCUT2D eigenvalue weighted by molar-refractivity contribution is 9.10. The number of hydrogen-bond donors (Lipinski definition) is 1. The summed E-state index contributed by atoms with van der Waals surface area (Å²) in [7, 11) is 3.60. The van der Waals surface area contributed by atoms with Gasteiger partial charge in [-0.25, -0.2) is 0 Å². The molecule has 4 heteroatoms. The summed E-state index contributed by atoms with van der Waals surface area (Å²) in [6.45, 7) is 2.08. The second-order valence-electron chi connectivity index (χ2n) is 4.64. The Hall–Kier alpha value is -1.03. The maximum absolute atomic E-state index is 6.18. The zero-order valence-corrected chi connectivity index (χ0v) is 14.0. The molecule has 2 nitrogen and oxygen atoms in total. The molecule has 0 aliphatic heterocycles. The van der Waals surface area contributed by atoms with Gasteiger partial charge in [-0.2, -0.15) is 0 Å². The Morgan fingerprint density at radius 2 is 1.85 bits per heavy atom. The SMILES string of the molecule is CNC(c1ccc(C)cc1)c1cc(Cl)cc(Br)c1OC. The topological polar surface area (TPSA) is 21.3 Å². The van der Waals surface area contributed by atoms with E-state index < -0.39 is 0 Å². The lowest BCUT2D eigenvalue weighted by Gasteiger charge is -2.21. The van der Waals surface area contributed by atoms with Crippen LogP contribution in [0.25, 0.3) is 0 Å². The molecule has 0 aliphatic rings. The molecule has 0 aliphatic carbocycles.